The summed E-state index contributed by atoms with van der Waals surface area (Å²) in [7, 11) is -4.22. The molecule has 0 spiro atoms. The molecule has 0 atom stereocenters. The summed E-state index contributed by atoms with van der Waals surface area (Å²) in [6.07, 6.45) is 0. The van der Waals surface area contributed by atoms with Crippen molar-refractivity contribution in [3.05, 3.63) is 0 Å². The SMILES string of the molecule is C[Si](OCC[Si](C)(C)C)O[Si](C)OCC[Si](C)(C)C. The molecule has 0 aliphatic rings. The van der Waals surface area contributed by atoms with Crippen LogP contribution in [0.2, 0.25) is 64.5 Å². The minimum absolute atomic E-state index is 0.852. The van der Waals surface area contributed by atoms with E-state index >= 15 is 0 Å². The molecule has 0 rings (SSSR count). The van der Waals surface area contributed by atoms with E-state index in [9.17, 15) is 0 Å². The van der Waals surface area contributed by atoms with Gasteiger partial charge in [-0.3, -0.25) is 0 Å². The molecule has 0 aliphatic heterocycles. The molecule has 0 amide bonds. The van der Waals surface area contributed by atoms with Crippen molar-refractivity contribution in [1.82, 2.24) is 0 Å². The largest absolute Gasteiger partial charge is 0.413 e. The van der Waals surface area contributed by atoms with Crippen molar-refractivity contribution in [2.24, 2.45) is 0 Å². The first-order chi connectivity index (χ1) is 8.49. The van der Waals surface area contributed by atoms with Gasteiger partial charge in [0.1, 0.15) is 0 Å². The minimum atomic E-state index is -1.12. The van der Waals surface area contributed by atoms with Gasteiger partial charge in [0.05, 0.1) is 0 Å². The van der Waals surface area contributed by atoms with E-state index in [1.807, 2.05) is 0 Å². The summed E-state index contributed by atoms with van der Waals surface area (Å²) < 4.78 is 17.5. The molecule has 0 fully saturated rings. The standard InChI is InChI=1S/C12H32O3Si4/c1-16(13-9-11-18(3,4)5)15-17(2)14-10-12-19(6,7)8/h9-12H2,1-8H3. The molecular formula is C12H32O3Si4. The fraction of sp³-hybridized carbons (Fsp3) is 1.00. The number of hydrogen-bond donors (Lipinski definition) is 0. The lowest BCUT2D eigenvalue weighted by Gasteiger charge is -2.20. The van der Waals surface area contributed by atoms with Crippen LogP contribution in [0.4, 0.5) is 0 Å². The third-order valence-electron chi connectivity index (χ3n) is 2.60. The van der Waals surface area contributed by atoms with Gasteiger partial charge in [-0.05, 0) is 25.2 Å². The van der Waals surface area contributed by atoms with Crippen molar-refractivity contribution in [2.45, 2.75) is 64.5 Å². The molecule has 0 saturated carbocycles. The predicted molar refractivity (Wildman–Crippen MR) is 92.5 cm³/mol. The van der Waals surface area contributed by atoms with Gasteiger partial charge < -0.3 is 13.0 Å². The Kier molecular flexibility index (Phi) is 9.26. The van der Waals surface area contributed by atoms with E-state index in [4.69, 9.17) is 13.0 Å². The summed E-state index contributed by atoms with van der Waals surface area (Å²) in [6.45, 7) is 20.1. The van der Waals surface area contributed by atoms with E-state index < -0.39 is 34.7 Å². The Bertz CT molecular complexity index is 214. The number of hydrogen-bond acceptors (Lipinski definition) is 3. The molecule has 0 N–H and O–H groups in total. The first-order valence-corrected chi connectivity index (χ1v) is 18.1. The van der Waals surface area contributed by atoms with Crippen LogP contribution in [0.1, 0.15) is 0 Å². The minimum Gasteiger partial charge on any atom is -0.413 e. The second-order valence-corrected chi connectivity index (χ2v) is 22.0. The Morgan fingerprint density at radius 3 is 1.26 bits per heavy atom. The van der Waals surface area contributed by atoms with Crippen LogP contribution in [-0.2, 0) is 13.0 Å². The smallest absolute Gasteiger partial charge is 0.371 e. The van der Waals surface area contributed by atoms with Crippen molar-refractivity contribution >= 4 is 34.7 Å². The highest BCUT2D eigenvalue weighted by Crippen LogP contribution is 2.10. The lowest BCUT2D eigenvalue weighted by atomic mass is 10.9. The van der Waals surface area contributed by atoms with E-state index in [0.29, 0.717) is 0 Å². The van der Waals surface area contributed by atoms with Gasteiger partial charge in [0.2, 0.25) is 0 Å². The Morgan fingerprint density at radius 2 is 1.00 bits per heavy atom. The first-order valence-electron chi connectivity index (χ1n) is 7.10. The average molecular weight is 337 g/mol. The summed E-state index contributed by atoms with van der Waals surface area (Å²) >= 11 is 0. The molecular weight excluding hydrogens is 304 g/mol. The summed E-state index contributed by atoms with van der Waals surface area (Å²) in [4.78, 5) is 0. The van der Waals surface area contributed by atoms with Crippen molar-refractivity contribution in [1.29, 1.82) is 0 Å². The third-order valence-corrected chi connectivity index (χ3v) is 9.53. The van der Waals surface area contributed by atoms with Gasteiger partial charge >= 0.3 is 18.6 Å². The van der Waals surface area contributed by atoms with Crippen molar-refractivity contribution in [3.8, 4) is 0 Å². The molecule has 0 aromatic heterocycles. The van der Waals surface area contributed by atoms with Crippen LogP contribution in [0.3, 0.4) is 0 Å². The maximum atomic E-state index is 5.87. The molecule has 0 unspecified atom stereocenters. The Balaban J connectivity index is 3.66. The van der Waals surface area contributed by atoms with Crippen LogP contribution in [-0.4, -0.2) is 47.9 Å². The molecule has 0 saturated heterocycles. The molecule has 0 bridgehead atoms. The zero-order valence-corrected chi connectivity index (χ0v) is 18.1. The van der Waals surface area contributed by atoms with Gasteiger partial charge in [0.15, 0.2) is 0 Å². The fourth-order valence-electron chi connectivity index (χ4n) is 1.26. The molecule has 3 nitrogen and oxygen atoms in total. The highest BCUT2D eigenvalue weighted by molar-refractivity contribution is 6.76. The summed E-state index contributed by atoms with van der Waals surface area (Å²) in [5.74, 6) is 0. The first kappa shape index (κ1) is 19.7. The van der Waals surface area contributed by atoms with Gasteiger partial charge in [-0.1, -0.05) is 39.3 Å². The lowest BCUT2D eigenvalue weighted by molar-refractivity contribution is 0.239. The van der Waals surface area contributed by atoms with E-state index in [2.05, 4.69) is 52.4 Å². The van der Waals surface area contributed by atoms with Crippen LogP contribution in [0, 0.1) is 0 Å². The van der Waals surface area contributed by atoms with E-state index in [1.165, 1.54) is 12.1 Å². The van der Waals surface area contributed by atoms with Crippen molar-refractivity contribution < 1.29 is 13.0 Å². The van der Waals surface area contributed by atoms with Crippen LogP contribution in [0.5, 0.6) is 0 Å². The van der Waals surface area contributed by atoms with Crippen LogP contribution in [0.25, 0.3) is 0 Å². The summed E-state index contributed by atoms with van der Waals surface area (Å²) in [6, 6.07) is 2.42. The third kappa shape index (κ3) is 15.0. The van der Waals surface area contributed by atoms with E-state index in [0.717, 1.165) is 13.2 Å². The van der Waals surface area contributed by atoms with Gasteiger partial charge in [0.25, 0.3) is 0 Å². The molecule has 114 valence electrons. The summed E-state index contributed by atoms with van der Waals surface area (Å²) in [5.41, 5.74) is 0. The van der Waals surface area contributed by atoms with Gasteiger partial charge in [-0.25, -0.2) is 0 Å². The Morgan fingerprint density at radius 1 is 0.684 bits per heavy atom. The van der Waals surface area contributed by atoms with Gasteiger partial charge in [-0.2, -0.15) is 0 Å². The monoisotopic (exact) mass is 336 g/mol. The lowest BCUT2D eigenvalue weighted by Crippen LogP contribution is -2.33. The zero-order chi connectivity index (χ0) is 15.1. The molecule has 0 aliphatic carbocycles. The molecule has 0 heterocycles. The highest BCUT2D eigenvalue weighted by atomic mass is 28.4. The molecule has 0 aromatic carbocycles. The fourth-order valence-corrected chi connectivity index (χ4v) is 5.97. The van der Waals surface area contributed by atoms with E-state index in [-0.39, 0.29) is 0 Å². The maximum Gasteiger partial charge on any atom is 0.371 e. The van der Waals surface area contributed by atoms with Gasteiger partial charge in [-0.15, -0.1) is 0 Å². The normalized spacial score (nSPS) is 13.6. The molecule has 7 heteroatoms. The number of rotatable bonds is 10. The van der Waals surface area contributed by atoms with Crippen LogP contribution in [0.15, 0.2) is 0 Å². The quantitative estimate of drug-likeness (QED) is 0.565. The highest BCUT2D eigenvalue weighted by Gasteiger charge is 2.20. The Hall–Kier alpha value is 0.748. The maximum absolute atomic E-state index is 5.87. The average Bonchev–Trinajstić information content (AvgIpc) is 2.12. The van der Waals surface area contributed by atoms with Crippen LogP contribution >= 0.6 is 0 Å². The second-order valence-electron chi connectivity index (χ2n) is 7.40. The molecule has 0 aromatic rings. The van der Waals surface area contributed by atoms with Gasteiger partial charge in [0, 0.05) is 29.4 Å². The second kappa shape index (κ2) is 8.91. The van der Waals surface area contributed by atoms with Crippen LogP contribution < -0.4 is 0 Å². The Labute approximate surface area is 125 Å². The predicted octanol–water partition coefficient (Wildman–Crippen LogP) is 3.95. The zero-order valence-electron chi connectivity index (χ0n) is 14.1. The van der Waals surface area contributed by atoms with E-state index in [1.54, 1.807) is 0 Å². The topological polar surface area (TPSA) is 27.7 Å². The molecule has 2 radical (unpaired) electrons. The van der Waals surface area contributed by atoms with Crippen molar-refractivity contribution in [3.63, 3.8) is 0 Å². The summed E-state index contributed by atoms with van der Waals surface area (Å²) in [5, 5.41) is 0. The molecule has 19 heavy (non-hydrogen) atoms. The van der Waals surface area contributed by atoms with Crippen molar-refractivity contribution in [2.75, 3.05) is 13.2 Å².